The predicted octanol–water partition coefficient (Wildman–Crippen LogP) is 1.62. The Kier molecular flexibility index (Phi) is 7.11. The van der Waals surface area contributed by atoms with Crippen LogP contribution in [0.4, 0.5) is 0 Å². The van der Waals surface area contributed by atoms with E-state index in [2.05, 4.69) is 56.9 Å². The molecule has 2 N–H and O–H groups in total. The van der Waals surface area contributed by atoms with Crippen molar-refractivity contribution in [1.29, 1.82) is 0 Å². The predicted molar refractivity (Wildman–Crippen MR) is 111 cm³/mol. The number of likely N-dealkylation sites (tertiary alicyclic amines) is 1. The molecule has 2 aromatic heterocycles. The Labute approximate surface area is 167 Å². The highest BCUT2D eigenvalue weighted by Gasteiger charge is 2.25. The molecule has 0 aliphatic carbocycles. The van der Waals surface area contributed by atoms with E-state index in [4.69, 9.17) is 4.42 Å². The van der Waals surface area contributed by atoms with Crippen molar-refractivity contribution in [3.05, 3.63) is 42.1 Å². The average molecular weight is 388 g/mol. The van der Waals surface area contributed by atoms with Crippen LogP contribution in [0.25, 0.3) is 0 Å². The molecule has 0 amide bonds. The number of aromatic nitrogens is 2. The van der Waals surface area contributed by atoms with Gasteiger partial charge in [-0.3, -0.25) is 14.6 Å². The van der Waals surface area contributed by atoms with Crippen molar-refractivity contribution in [2.45, 2.75) is 24.9 Å². The molecule has 2 aromatic rings. The normalized spacial score (nSPS) is 17.8. The molecule has 2 unspecified atom stereocenters. The van der Waals surface area contributed by atoms with Crippen LogP contribution < -0.4 is 10.6 Å². The van der Waals surface area contributed by atoms with Crippen molar-refractivity contribution < 1.29 is 4.42 Å². The zero-order valence-corrected chi connectivity index (χ0v) is 17.4. The second-order valence-electron chi connectivity index (χ2n) is 7.54. The van der Waals surface area contributed by atoms with Crippen LogP contribution in [0.15, 0.2) is 40.2 Å². The quantitative estimate of drug-likeness (QED) is 0.530. The summed E-state index contributed by atoms with van der Waals surface area (Å²) in [5.41, 5.74) is 1.18. The zero-order chi connectivity index (χ0) is 19.9. The number of furan rings is 1. The number of aliphatic imine (C=N–C) groups is 1. The molecule has 8 nitrogen and oxygen atoms in total. The van der Waals surface area contributed by atoms with Gasteiger partial charge in [0.1, 0.15) is 5.76 Å². The Balaban J connectivity index is 1.58. The lowest BCUT2D eigenvalue weighted by Crippen LogP contribution is -2.45. The maximum absolute atomic E-state index is 5.71. The van der Waals surface area contributed by atoms with Gasteiger partial charge in [0.05, 0.1) is 24.5 Å². The van der Waals surface area contributed by atoms with E-state index in [1.54, 1.807) is 6.26 Å². The Bertz CT molecular complexity index is 732. The monoisotopic (exact) mass is 387 g/mol. The van der Waals surface area contributed by atoms with Crippen LogP contribution in [-0.4, -0.2) is 72.9 Å². The molecule has 2 atom stereocenters. The molecule has 8 heteroatoms. The van der Waals surface area contributed by atoms with Gasteiger partial charge in [-0.1, -0.05) is 0 Å². The number of likely N-dealkylation sites (N-methyl/N-ethyl adjacent to an activating group) is 1. The van der Waals surface area contributed by atoms with Crippen LogP contribution in [0.2, 0.25) is 0 Å². The Morgan fingerprint density at radius 2 is 2.04 bits per heavy atom. The van der Waals surface area contributed by atoms with Gasteiger partial charge in [0.15, 0.2) is 5.96 Å². The molecular formula is C20H33N7O. The third kappa shape index (κ3) is 5.14. The van der Waals surface area contributed by atoms with Crippen LogP contribution in [0.5, 0.6) is 0 Å². The number of rotatable bonds is 8. The van der Waals surface area contributed by atoms with E-state index in [0.717, 1.165) is 37.9 Å². The first-order valence-electron chi connectivity index (χ1n) is 9.95. The highest BCUT2D eigenvalue weighted by molar-refractivity contribution is 5.79. The third-order valence-electron chi connectivity index (χ3n) is 5.34. The van der Waals surface area contributed by atoms with E-state index in [1.807, 2.05) is 31.0 Å². The second kappa shape index (κ2) is 9.75. The summed E-state index contributed by atoms with van der Waals surface area (Å²) >= 11 is 0. The standard InChI is InChI=1S/C20H33N7O/c1-21-20(22-13-17(25(2)3)16-12-24-26(4)15-16)23-14-18(19-8-7-11-28-19)27-9-5-6-10-27/h7-8,11-12,15,17-18H,5-6,9-10,13-14H2,1-4H3,(H2,21,22,23). The summed E-state index contributed by atoms with van der Waals surface area (Å²) in [6, 6.07) is 4.46. The minimum absolute atomic E-state index is 0.215. The maximum Gasteiger partial charge on any atom is 0.191 e. The van der Waals surface area contributed by atoms with Crippen molar-refractivity contribution in [3.8, 4) is 0 Å². The molecule has 3 heterocycles. The minimum Gasteiger partial charge on any atom is -0.468 e. The Hall–Kier alpha value is -2.32. The average Bonchev–Trinajstić information content (AvgIpc) is 3.43. The molecule has 1 aliphatic rings. The lowest BCUT2D eigenvalue weighted by atomic mass is 10.1. The largest absolute Gasteiger partial charge is 0.468 e. The molecular weight excluding hydrogens is 354 g/mol. The molecule has 0 saturated carbocycles. The summed E-state index contributed by atoms with van der Waals surface area (Å²) in [7, 11) is 7.91. The molecule has 154 valence electrons. The third-order valence-corrected chi connectivity index (χ3v) is 5.34. The molecule has 0 aromatic carbocycles. The van der Waals surface area contributed by atoms with Crippen molar-refractivity contribution in [3.63, 3.8) is 0 Å². The number of hydrogen-bond acceptors (Lipinski definition) is 5. The molecule has 0 spiro atoms. The van der Waals surface area contributed by atoms with Gasteiger partial charge >= 0.3 is 0 Å². The summed E-state index contributed by atoms with van der Waals surface area (Å²) in [5, 5.41) is 11.2. The lowest BCUT2D eigenvalue weighted by molar-refractivity contribution is 0.215. The van der Waals surface area contributed by atoms with Gasteiger partial charge in [-0.25, -0.2) is 0 Å². The first-order chi connectivity index (χ1) is 13.6. The lowest BCUT2D eigenvalue weighted by Gasteiger charge is -2.28. The van der Waals surface area contributed by atoms with E-state index in [1.165, 1.54) is 18.4 Å². The fourth-order valence-electron chi connectivity index (χ4n) is 3.76. The minimum atomic E-state index is 0.215. The van der Waals surface area contributed by atoms with Gasteiger partial charge in [-0.15, -0.1) is 0 Å². The number of aryl methyl sites for hydroxylation is 1. The van der Waals surface area contributed by atoms with Gasteiger partial charge in [0.2, 0.25) is 0 Å². The van der Waals surface area contributed by atoms with Gasteiger partial charge in [0, 0.05) is 38.9 Å². The van der Waals surface area contributed by atoms with E-state index >= 15 is 0 Å². The van der Waals surface area contributed by atoms with Crippen LogP contribution in [0.1, 0.15) is 36.2 Å². The Morgan fingerprint density at radius 3 is 2.61 bits per heavy atom. The topological polar surface area (TPSA) is 73.9 Å². The molecule has 1 aliphatic heterocycles. The molecule has 3 rings (SSSR count). The summed E-state index contributed by atoms with van der Waals surface area (Å²) in [4.78, 5) is 9.08. The van der Waals surface area contributed by atoms with Crippen LogP contribution >= 0.6 is 0 Å². The van der Waals surface area contributed by atoms with Crippen molar-refractivity contribution in [2.75, 3.05) is 47.3 Å². The summed E-state index contributed by atoms with van der Waals surface area (Å²) in [6.45, 7) is 3.73. The highest BCUT2D eigenvalue weighted by atomic mass is 16.3. The van der Waals surface area contributed by atoms with Crippen LogP contribution in [-0.2, 0) is 7.05 Å². The highest BCUT2D eigenvalue weighted by Crippen LogP contribution is 2.24. The van der Waals surface area contributed by atoms with E-state index in [-0.39, 0.29) is 12.1 Å². The SMILES string of the molecule is CN=C(NCC(c1cnn(C)c1)N(C)C)NCC(c1ccco1)N1CCCC1. The van der Waals surface area contributed by atoms with Gasteiger partial charge in [0.25, 0.3) is 0 Å². The van der Waals surface area contributed by atoms with Crippen LogP contribution in [0, 0.1) is 0 Å². The molecule has 28 heavy (non-hydrogen) atoms. The fraction of sp³-hybridized carbons (Fsp3) is 0.600. The number of nitrogens with one attached hydrogen (secondary N) is 2. The molecule has 1 fully saturated rings. The van der Waals surface area contributed by atoms with E-state index < -0.39 is 0 Å². The summed E-state index contributed by atoms with van der Waals surface area (Å²) in [6.07, 6.45) is 8.23. The Morgan fingerprint density at radius 1 is 1.29 bits per heavy atom. The molecule has 0 bridgehead atoms. The second-order valence-corrected chi connectivity index (χ2v) is 7.54. The smallest absolute Gasteiger partial charge is 0.191 e. The number of nitrogens with zero attached hydrogens (tertiary/aromatic N) is 5. The molecule has 0 radical (unpaired) electrons. The first-order valence-corrected chi connectivity index (χ1v) is 9.95. The first kappa shape index (κ1) is 20.4. The fourth-order valence-corrected chi connectivity index (χ4v) is 3.76. The van der Waals surface area contributed by atoms with Gasteiger partial charge in [-0.05, 0) is 52.2 Å². The van der Waals surface area contributed by atoms with E-state index in [0.29, 0.717) is 0 Å². The van der Waals surface area contributed by atoms with E-state index in [9.17, 15) is 0 Å². The van der Waals surface area contributed by atoms with Gasteiger partial charge < -0.3 is 20.0 Å². The van der Waals surface area contributed by atoms with Crippen molar-refractivity contribution in [2.24, 2.45) is 12.0 Å². The van der Waals surface area contributed by atoms with Crippen LogP contribution in [0.3, 0.4) is 0 Å². The summed E-state index contributed by atoms with van der Waals surface area (Å²) < 4.78 is 7.54. The number of guanidine groups is 1. The summed E-state index contributed by atoms with van der Waals surface area (Å²) in [5.74, 6) is 1.80. The number of hydrogen-bond donors (Lipinski definition) is 2. The molecule has 1 saturated heterocycles. The maximum atomic E-state index is 5.71. The zero-order valence-electron chi connectivity index (χ0n) is 17.4. The van der Waals surface area contributed by atoms with Crippen molar-refractivity contribution in [1.82, 2.24) is 30.2 Å². The van der Waals surface area contributed by atoms with Gasteiger partial charge in [-0.2, -0.15) is 5.10 Å². The van der Waals surface area contributed by atoms with Crippen molar-refractivity contribution >= 4 is 5.96 Å².